The van der Waals surface area contributed by atoms with Crippen molar-refractivity contribution in [1.29, 1.82) is 0 Å². The molecule has 0 radical (unpaired) electrons. The van der Waals surface area contributed by atoms with Gasteiger partial charge in [0.1, 0.15) is 17.8 Å². The van der Waals surface area contributed by atoms with Crippen molar-refractivity contribution in [3.8, 4) is 11.4 Å². The van der Waals surface area contributed by atoms with Crippen molar-refractivity contribution in [1.82, 2.24) is 24.7 Å². The molecular formula is C17H16Cl2N6. The Labute approximate surface area is 154 Å². The zero-order chi connectivity index (χ0) is 17.9. The Bertz CT molecular complexity index is 1120. The van der Waals surface area contributed by atoms with Crippen molar-refractivity contribution >= 4 is 51.0 Å². The van der Waals surface area contributed by atoms with Crippen LogP contribution in [0.4, 0.5) is 5.82 Å². The number of hydrogen-bond donors (Lipinski definition) is 2. The highest BCUT2D eigenvalue weighted by molar-refractivity contribution is 6.44. The van der Waals surface area contributed by atoms with Crippen molar-refractivity contribution in [3.05, 3.63) is 34.6 Å². The normalized spacial score (nSPS) is 12.4. The maximum atomic E-state index is 6.63. The molecule has 4 aromatic rings. The van der Waals surface area contributed by atoms with Gasteiger partial charge in [-0.15, -0.1) is 0 Å². The standard InChI is InChI=1S/C17H16Cl2N6/c1-17(2,3)25-16-11(15(20)21-7-22-16)13(24-25)14-12(19)10-8(18)5-4-6-9(10)23-14/h4-7,23H,1-3H3,(H2,20,21,22). The van der Waals surface area contributed by atoms with E-state index in [0.29, 0.717) is 38.3 Å². The van der Waals surface area contributed by atoms with E-state index < -0.39 is 0 Å². The lowest BCUT2D eigenvalue weighted by Gasteiger charge is -2.19. The van der Waals surface area contributed by atoms with Gasteiger partial charge in [0.15, 0.2) is 5.65 Å². The number of nitrogens with two attached hydrogens (primary N) is 1. The summed E-state index contributed by atoms with van der Waals surface area (Å²) in [5.41, 5.74) is 8.61. The molecular weight excluding hydrogens is 359 g/mol. The molecule has 0 aliphatic carbocycles. The molecule has 3 heterocycles. The number of anilines is 1. The van der Waals surface area contributed by atoms with Crippen LogP contribution in [0.15, 0.2) is 24.5 Å². The topological polar surface area (TPSA) is 85.4 Å². The van der Waals surface area contributed by atoms with Crippen molar-refractivity contribution < 1.29 is 0 Å². The number of nitrogen functional groups attached to an aromatic ring is 1. The van der Waals surface area contributed by atoms with Crippen LogP contribution < -0.4 is 5.73 Å². The summed E-state index contributed by atoms with van der Waals surface area (Å²) in [6, 6.07) is 5.58. The van der Waals surface area contributed by atoms with Crippen LogP contribution in [0.2, 0.25) is 10.0 Å². The molecule has 128 valence electrons. The van der Waals surface area contributed by atoms with Gasteiger partial charge in [-0.3, -0.25) is 0 Å². The van der Waals surface area contributed by atoms with Gasteiger partial charge >= 0.3 is 0 Å². The van der Waals surface area contributed by atoms with Crippen LogP contribution in [0.25, 0.3) is 33.3 Å². The molecule has 0 bridgehead atoms. The maximum absolute atomic E-state index is 6.63. The summed E-state index contributed by atoms with van der Waals surface area (Å²) < 4.78 is 1.83. The fraction of sp³-hybridized carbons (Fsp3) is 0.235. The molecule has 0 atom stereocenters. The first kappa shape index (κ1) is 16.2. The first-order chi connectivity index (χ1) is 11.8. The predicted octanol–water partition coefficient (Wildman–Crippen LogP) is 4.62. The summed E-state index contributed by atoms with van der Waals surface area (Å²) in [5.74, 6) is 0.358. The van der Waals surface area contributed by atoms with Crippen molar-refractivity contribution in [2.24, 2.45) is 0 Å². The average molecular weight is 375 g/mol. The number of hydrogen-bond acceptors (Lipinski definition) is 4. The molecule has 3 aromatic heterocycles. The lowest BCUT2D eigenvalue weighted by atomic mass is 10.1. The quantitative estimate of drug-likeness (QED) is 0.508. The van der Waals surface area contributed by atoms with E-state index in [1.807, 2.05) is 37.6 Å². The molecule has 6 nitrogen and oxygen atoms in total. The SMILES string of the molecule is CC(C)(C)n1nc(-c2[nH]c3cccc(Cl)c3c2Cl)c2c(N)ncnc21. The van der Waals surface area contributed by atoms with Gasteiger partial charge in [0.2, 0.25) is 0 Å². The minimum absolute atomic E-state index is 0.284. The van der Waals surface area contributed by atoms with Crippen molar-refractivity contribution in [2.75, 3.05) is 5.73 Å². The van der Waals surface area contributed by atoms with Crippen molar-refractivity contribution in [3.63, 3.8) is 0 Å². The van der Waals surface area contributed by atoms with Gasteiger partial charge in [-0.25, -0.2) is 14.6 Å². The zero-order valence-electron chi connectivity index (χ0n) is 13.9. The highest BCUT2D eigenvalue weighted by Crippen LogP contribution is 2.41. The van der Waals surface area contributed by atoms with E-state index in [1.165, 1.54) is 6.33 Å². The average Bonchev–Trinajstić information content (AvgIpc) is 3.07. The van der Waals surface area contributed by atoms with Gasteiger partial charge in [-0.2, -0.15) is 5.10 Å². The fourth-order valence-electron chi connectivity index (χ4n) is 2.95. The molecule has 4 rings (SSSR count). The minimum Gasteiger partial charge on any atom is -0.383 e. The predicted molar refractivity (Wildman–Crippen MR) is 102 cm³/mol. The highest BCUT2D eigenvalue weighted by atomic mass is 35.5. The number of rotatable bonds is 1. The maximum Gasteiger partial charge on any atom is 0.164 e. The first-order valence-electron chi connectivity index (χ1n) is 7.75. The molecule has 0 unspecified atom stereocenters. The van der Waals surface area contributed by atoms with Gasteiger partial charge in [0.05, 0.1) is 26.7 Å². The minimum atomic E-state index is -0.284. The number of benzene rings is 1. The largest absolute Gasteiger partial charge is 0.383 e. The number of nitrogens with zero attached hydrogens (tertiary/aromatic N) is 4. The van der Waals surface area contributed by atoms with Crippen LogP contribution in [-0.2, 0) is 5.54 Å². The summed E-state index contributed by atoms with van der Waals surface area (Å²) in [6.45, 7) is 6.14. The van der Waals surface area contributed by atoms with Gasteiger partial charge in [0.25, 0.3) is 0 Å². The van der Waals surface area contributed by atoms with Gasteiger partial charge < -0.3 is 10.7 Å². The van der Waals surface area contributed by atoms with Crippen LogP contribution in [0.5, 0.6) is 0 Å². The third-order valence-electron chi connectivity index (χ3n) is 4.08. The Morgan fingerprint density at radius 2 is 1.88 bits per heavy atom. The summed E-state index contributed by atoms with van der Waals surface area (Å²) >= 11 is 12.9. The number of H-pyrrole nitrogens is 1. The third-order valence-corrected chi connectivity index (χ3v) is 4.77. The number of fused-ring (bicyclic) bond motifs is 2. The molecule has 3 N–H and O–H groups in total. The zero-order valence-corrected chi connectivity index (χ0v) is 15.4. The molecule has 0 fully saturated rings. The van der Waals surface area contributed by atoms with Crippen LogP contribution in [0, 0.1) is 0 Å². The van der Waals surface area contributed by atoms with E-state index in [0.717, 1.165) is 10.9 Å². The monoisotopic (exact) mass is 374 g/mol. The smallest absolute Gasteiger partial charge is 0.164 e. The summed E-state index contributed by atoms with van der Waals surface area (Å²) in [6.07, 6.45) is 1.44. The second-order valence-corrected chi connectivity index (χ2v) is 7.65. The second kappa shape index (κ2) is 5.34. The lowest BCUT2D eigenvalue weighted by Crippen LogP contribution is -2.23. The van der Waals surface area contributed by atoms with Crippen LogP contribution in [0.3, 0.4) is 0 Å². The van der Waals surface area contributed by atoms with E-state index in [2.05, 4.69) is 15.0 Å². The Hall–Kier alpha value is -2.31. The van der Waals surface area contributed by atoms with Crippen LogP contribution in [-0.4, -0.2) is 24.7 Å². The Kier molecular flexibility index (Phi) is 3.46. The molecule has 0 saturated heterocycles. The molecule has 0 amide bonds. The molecule has 0 aliphatic rings. The number of nitrogens with one attached hydrogen (secondary N) is 1. The van der Waals surface area contributed by atoms with Crippen LogP contribution >= 0.6 is 23.2 Å². The van der Waals surface area contributed by atoms with Crippen molar-refractivity contribution in [2.45, 2.75) is 26.3 Å². The number of halogens is 2. The van der Waals surface area contributed by atoms with E-state index in [9.17, 15) is 0 Å². The van der Waals surface area contributed by atoms with E-state index in [4.69, 9.17) is 34.0 Å². The third kappa shape index (κ3) is 2.36. The second-order valence-electron chi connectivity index (χ2n) is 6.87. The lowest BCUT2D eigenvalue weighted by molar-refractivity contribution is 0.366. The first-order valence-corrected chi connectivity index (χ1v) is 8.50. The molecule has 0 spiro atoms. The van der Waals surface area contributed by atoms with Gasteiger partial charge in [0, 0.05) is 10.9 Å². The highest BCUT2D eigenvalue weighted by Gasteiger charge is 2.26. The Morgan fingerprint density at radius 3 is 2.56 bits per heavy atom. The Balaban J connectivity index is 2.12. The molecule has 1 aromatic carbocycles. The number of aromatic amines is 1. The molecule has 25 heavy (non-hydrogen) atoms. The van der Waals surface area contributed by atoms with Gasteiger partial charge in [-0.1, -0.05) is 29.3 Å². The van der Waals surface area contributed by atoms with E-state index in [1.54, 1.807) is 6.07 Å². The van der Waals surface area contributed by atoms with Gasteiger partial charge in [-0.05, 0) is 32.9 Å². The number of aromatic nitrogens is 5. The van der Waals surface area contributed by atoms with E-state index in [-0.39, 0.29) is 5.54 Å². The molecule has 0 aliphatic heterocycles. The summed E-state index contributed by atoms with van der Waals surface area (Å²) in [5, 5.41) is 7.26. The fourth-order valence-corrected chi connectivity index (χ4v) is 3.60. The summed E-state index contributed by atoms with van der Waals surface area (Å²) in [4.78, 5) is 11.8. The summed E-state index contributed by atoms with van der Waals surface area (Å²) in [7, 11) is 0. The van der Waals surface area contributed by atoms with Crippen LogP contribution in [0.1, 0.15) is 20.8 Å². The molecule has 8 heteroatoms. The van der Waals surface area contributed by atoms with E-state index >= 15 is 0 Å². The molecule has 0 saturated carbocycles. The Morgan fingerprint density at radius 1 is 1.12 bits per heavy atom.